The van der Waals surface area contributed by atoms with E-state index < -0.39 is 34.1 Å². The van der Waals surface area contributed by atoms with Gasteiger partial charge in [-0.15, -0.1) is 0 Å². The van der Waals surface area contributed by atoms with Crippen LogP contribution in [-0.2, 0) is 9.53 Å². The van der Waals surface area contributed by atoms with Gasteiger partial charge >= 0.3 is 5.97 Å². The molecule has 0 aliphatic rings. The van der Waals surface area contributed by atoms with Gasteiger partial charge in [-0.05, 0) is 13.0 Å². The largest absolute Gasteiger partial charge is 0.464 e. The molecule has 1 aromatic rings. The zero-order chi connectivity index (χ0) is 13.0. The molecular weight excluding hydrogens is 236 g/mol. The van der Waals surface area contributed by atoms with Crippen LogP contribution in [0.1, 0.15) is 18.7 Å². The third kappa shape index (κ3) is 2.96. The van der Waals surface area contributed by atoms with Crippen molar-refractivity contribution in [2.24, 2.45) is 0 Å². The van der Waals surface area contributed by atoms with Gasteiger partial charge in [0.15, 0.2) is 0 Å². The van der Waals surface area contributed by atoms with Crippen LogP contribution in [-0.4, -0.2) is 17.5 Å². The van der Waals surface area contributed by atoms with E-state index in [9.17, 15) is 23.7 Å². The molecule has 1 rings (SSSR count). The Kier molecular flexibility index (Phi) is 4.08. The van der Waals surface area contributed by atoms with Crippen molar-refractivity contribution < 1.29 is 23.2 Å². The summed E-state index contributed by atoms with van der Waals surface area (Å²) >= 11 is 0. The molecule has 0 saturated carbocycles. The maximum absolute atomic E-state index is 13.4. The Morgan fingerprint density at radius 2 is 2.24 bits per heavy atom. The lowest BCUT2D eigenvalue weighted by atomic mass is 10.1. The first kappa shape index (κ1) is 13.0. The number of carbonyl (C=O) groups excluding carboxylic acids is 1. The van der Waals surface area contributed by atoms with Crippen LogP contribution in [0.15, 0.2) is 18.2 Å². The first-order chi connectivity index (χ1) is 7.97. The second-order valence-corrected chi connectivity index (χ2v) is 3.08. The minimum absolute atomic E-state index is 0.0339. The molecule has 1 atom stereocenters. The highest BCUT2D eigenvalue weighted by atomic mass is 19.1. The molecule has 0 aromatic heterocycles. The molecule has 0 radical (unpaired) electrons. The minimum atomic E-state index is -2.28. The van der Waals surface area contributed by atoms with Crippen LogP contribution in [0.4, 0.5) is 14.5 Å². The van der Waals surface area contributed by atoms with Gasteiger partial charge in [-0.2, -0.15) is 0 Å². The molecule has 1 unspecified atom stereocenters. The van der Waals surface area contributed by atoms with Gasteiger partial charge < -0.3 is 4.74 Å². The summed E-state index contributed by atoms with van der Waals surface area (Å²) in [6.45, 7) is 1.45. The summed E-state index contributed by atoms with van der Waals surface area (Å²) < 4.78 is 31.1. The maximum Gasteiger partial charge on any atom is 0.345 e. The SMILES string of the molecule is CCOC(=O)C(F)c1ccc([N+](=O)[O-])cc1F. The Bertz CT molecular complexity index is 450. The summed E-state index contributed by atoms with van der Waals surface area (Å²) in [5, 5.41) is 10.3. The van der Waals surface area contributed by atoms with Gasteiger partial charge in [0.25, 0.3) is 5.69 Å². The molecule has 0 N–H and O–H groups in total. The van der Waals surface area contributed by atoms with Crippen LogP contribution < -0.4 is 0 Å². The van der Waals surface area contributed by atoms with E-state index in [1.165, 1.54) is 6.92 Å². The Balaban J connectivity index is 2.99. The number of rotatable bonds is 4. The minimum Gasteiger partial charge on any atom is -0.464 e. The fraction of sp³-hybridized carbons (Fsp3) is 0.300. The van der Waals surface area contributed by atoms with Crippen molar-refractivity contribution >= 4 is 11.7 Å². The zero-order valence-electron chi connectivity index (χ0n) is 8.85. The molecule has 0 heterocycles. The molecule has 0 bridgehead atoms. The third-order valence-electron chi connectivity index (χ3n) is 1.96. The smallest absolute Gasteiger partial charge is 0.345 e. The summed E-state index contributed by atoms with van der Waals surface area (Å²) in [7, 11) is 0. The van der Waals surface area contributed by atoms with Gasteiger partial charge in [0.05, 0.1) is 17.6 Å². The third-order valence-corrected chi connectivity index (χ3v) is 1.96. The molecule has 1 aromatic carbocycles. The quantitative estimate of drug-likeness (QED) is 0.463. The lowest BCUT2D eigenvalue weighted by Gasteiger charge is -2.08. The van der Waals surface area contributed by atoms with Crippen molar-refractivity contribution in [2.45, 2.75) is 13.1 Å². The van der Waals surface area contributed by atoms with E-state index in [2.05, 4.69) is 4.74 Å². The topological polar surface area (TPSA) is 69.4 Å². The van der Waals surface area contributed by atoms with Gasteiger partial charge in [0.1, 0.15) is 5.82 Å². The summed E-state index contributed by atoms with van der Waals surface area (Å²) in [5.74, 6) is -2.37. The van der Waals surface area contributed by atoms with E-state index in [0.29, 0.717) is 6.07 Å². The lowest BCUT2D eigenvalue weighted by Crippen LogP contribution is -2.13. The molecular formula is C10H9F2NO4. The van der Waals surface area contributed by atoms with E-state index in [1.807, 2.05) is 0 Å². The molecule has 0 spiro atoms. The normalized spacial score (nSPS) is 11.9. The van der Waals surface area contributed by atoms with E-state index in [4.69, 9.17) is 0 Å². The average Bonchev–Trinajstić information content (AvgIpc) is 2.28. The van der Waals surface area contributed by atoms with Gasteiger partial charge in [0.2, 0.25) is 6.17 Å². The maximum atomic E-state index is 13.4. The number of nitrogens with zero attached hydrogens (tertiary/aromatic N) is 1. The number of hydrogen-bond acceptors (Lipinski definition) is 4. The predicted molar refractivity (Wildman–Crippen MR) is 53.5 cm³/mol. The van der Waals surface area contributed by atoms with Crippen LogP contribution in [0.2, 0.25) is 0 Å². The second kappa shape index (κ2) is 5.33. The highest BCUT2D eigenvalue weighted by Crippen LogP contribution is 2.25. The summed E-state index contributed by atoms with van der Waals surface area (Å²) in [4.78, 5) is 20.5. The molecule has 7 heteroatoms. The fourth-order valence-electron chi connectivity index (χ4n) is 1.18. The van der Waals surface area contributed by atoms with Crippen LogP contribution in [0, 0.1) is 15.9 Å². The summed E-state index contributed by atoms with van der Waals surface area (Å²) in [6.07, 6.45) is -2.28. The Morgan fingerprint density at radius 1 is 1.59 bits per heavy atom. The van der Waals surface area contributed by atoms with Crippen molar-refractivity contribution in [1.82, 2.24) is 0 Å². The molecule has 0 amide bonds. The lowest BCUT2D eigenvalue weighted by molar-refractivity contribution is -0.385. The van der Waals surface area contributed by atoms with Crippen LogP contribution >= 0.6 is 0 Å². The Morgan fingerprint density at radius 3 is 2.71 bits per heavy atom. The van der Waals surface area contributed by atoms with E-state index in [-0.39, 0.29) is 6.61 Å². The van der Waals surface area contributed by atoms with Gasteiger partial charge in [-0.1, -0.05) is 0 Å². The van der Waals surface area contributed by atoms with Crippen LogP contribution in [0.25, 0.3) is 0 Å². The second-order valence-electron chi connectivity index (χ2n) is 3.08. The number of carbonyl (C=O) groups is 1. The molecule has 17 heavy (non-hydrogen) atoms. The van der Waals surface area contributed by atoms with Crippen LogP contribution in [0.5, 0.6) is 0 Å². The molecule has 0 fully saturated rings. The van der Waals surface area contributed by atoms with Gasteiger partial charge in [0, 0.05) is 11.6 Å². The summed E-state index contributed by atoms with van der Waals surface area (Å²) in [5.41, 5.74) is -1.09. The number of hydrogen-bond donors (Lipinski definition) is 0. The molecule has 92 valence electrons. The molecule has 0 aliphatic carbocycles. The predicted octanol–water partition coefficient (Wildman–Crippen LogP) is 2.31. The average molecular weight is 245 g/mol. The monoisotopic (exact) mass is 245 g/mol. The van der Waals surface area contributed by atoms with Crippen molar-refractivity contribution in [3.05, 3.63) is 39.7 Å². The summed E-state index contributed by atoms with van der Waals surface area (Å²) in [6, 6.07) is 2.33. The molecule has 5 nitrogen and oxygen atoms in total. The number of non-ortho nitro benzene ring substituents is 1. The number of halogens is 2. The van der Waals surface area contributed by atoms with E-state index in [0.717, 1.165) is 12.1 Å². The standard InChI is InChI=1S/C10H9F2NO4/c1-2-17-10(14)9(12)7-4-3-6(13(15)16)5-8(7)11/h3-5,9H,2H2,1H3. The van der Waals surface area contributed by atoms with Crippen molar-refractivity contribution in [1.29, 1.82) is 0 Å². The highest BCUT2D eigenvalue weighted by Gasteiger charge is 2.25. The van der Waals surface area contributed by atoms with Gasteiger partial charge in [-0.3, -0.25) is 10.1 Å². The highest BCUT2D eigenvalue weighted by molar-refractivity contribution is 5.76. The van der Waals surface area contributed by atoms with Crippen LogP contribution in [0.3, 0.4) is 0 Å². The van der Waals surface area contributed by atoms with E-state index >= 15 is 0 Å². The number of alkyl halides is 1. The van der Waals surface area contributed by atoms with Crippen molar-refractivity contribution in [3.63, 3.8) is 0 Å². The molecule has 0 saturated heterocycles. The number of nitro groups is 1. The number of benzene rings is 1. The zero-order valence-corrected chi connectivity index (χ0v) is 8.85. The number of esters is 1. The van der Waals surface area contributed by atoms with E-state index in [1.54, 1.807) is 0 Å². The van der Waals surface area contributed by atoms with Gasteiger partial charge in [-0.25, -0.2) is 13.6 Å². The van der Waals surface area contributed by atoms with Crippen molar-refractivity contribution in [2.75, 3.05) is 6.61 Å². The first-order valence-electron chi connectivity index (χ1n) is 4.72. The first-order valence-corrected chi connectivity index (χ1v) is 4.72. The Hall–Kier alpha value is -2.05. The molecule has 0 aliphatic heterocycles. The number of nitro benzene ring substituents is 1. The number of ether oxygens (including phenoxy) is 1. The Labute approximate surface area is 95.2 Å². The van der Waals surface area contributed by atoms with Crippen molar-refractivity contribution in [3.8, 4) is 0 Å². The fourth-order valence-corrected chi connectivity index (χ4v) is 1.18.